The van der Waals surface area contributed by atoms with Crippen LogP contribution in [0.25, 0.3) is 11.1 Å². The zero-order valence-corrected chi connectivity index (χ0v) is 8.44. The number of nitrogens with one attached hydrogen (secondary N) is 1. The fraction of sp³-hybridized carbons (Fsp3) is 0. The first kappa shape index (κ1) is 9.98. The molecule has 0 saturated carbocycles. The summed E-state index contributed by atoms with van der Waals surface area (Å²) in [6.07, 6.45) is 1.15. The lowest BCUT2D eigenvalue weighted by Gasteiger charge is -2.03. The van der Waals surface area contributed by atoms with E-state index in [1.807, 2.05) is 0 Å². The lowest BCUT2D eigenvalue weighted by molar-refractivity contribution is 0.619. The number of rotatable bonds is 1. The molecule has 76 valence electrons. The quantitative estimate of drug-likeness (QED) is 0.729. The maximum atomic E-state index is 13.4. The van der Waals surface area contributed by atoms with Gasteiger partial charge in [0.1, 0.15) is 16.3 Å². The van der Waals surface area contributed by atoms with Crippen LogP contribution in [0.15, 0.2) is 36.5 Å². The molecule has 1 nitrogen and oxygen atoms in total. The number of aromatic nitrogens is 1. The Bertz CT molecular complexity index is 548. The van der Waals surface area contributed by atoms with Gasteiger partial charge < -0.3 is 4.98 Å². The van der Waals surface area contributed by atoms with Crippen LogP contribution in [0.4, 0.5) is 8.78 Å². The summed E-state index contributed by atoms with van der Waals surface area (Å²) in [7, 11) is 0. The molecule has 0 saturated heterocycles. The zero-order valence-electron chi connectivity index (χ0n) is 7.63. The number of pyridine rings is 1. The van der Waals surface area contributed by atoms with E-state index in [0.29, 0.717) is 15.8 Å². The summed E-state index contributed by atoms with van der Waals surface area (Å²) in [4.78, 5) is 2.57. The van der Waals surface area contributed by atoms with Crippen molar-refractivity contribution in [1.29, 1.82) is 0 Å². The molecule has 2 rings (SSSR count). The Hall–Kier alpha value is -1.55. The van der Waals surface area contributed by atoms with Crippen LogP contribution in [-0.2, 0) is 0 Å². The highest BCUT2D eigenvalue weighted by Gasteiger charge is 2.06. The third-order valence-corrected chi connectivity index (χ3v) is 2.37. The summed E-state index contributed by atoms with van der Waals surface area (Å²) in [5.74, 6) is -0.885. The van der Waals surface area contributed by atoms with Crippen LogP contribution in [0, 0.1) is 16.3 Å². The summed E-state index contributed by atoms with van der Waals surface area (Å²) in [6, 6.07) is 7.35. The SMILES string of the molecule is Fc1c[nH]c(=S)c(-c2ccccc2F)c1. The Balaban J connectivity index is 2.69. The average molecular weight is 223 g/mol. The van der Waals surface area contributed by atoms with Gasteiger partial charge in [-0.15, -0.1) is 0 Å². The van der Waals surface area contributed by atoms with Crippen LogP contribution in [0.3, 0.4) is 0 Å². The Labute approximate surface area is 90.4 Å². The molecular weight excluding hydrogens is 216 g/mol. The molecule has 0 spiro atoms. The summed E-state index contributed by atoms with van der Waals surface area (Å²) < 4.78 is 26.7. The molecule has 15 heavy (non-hydrogen) atoms. The average Bonchev–Trinajstić information content (AvgIpc) is 2.23. The first-order valence-corrected chi connectivity index (χ1v) is 4.72. The van der Waals surface area contributed by atoms with E-state index in [1.165, 1.54) is 12.1 Å². The Morgan fingerprint density at radius 2 is 1.80 bits per heavy atom. The van der Waals surface area contributed by atoms with E-state index in [-0.39, 0.29) is 0 Å². The van der Waals surface area contributed by atoms with Crippen molar-refractivity contribution in [1.82, 2.24) is 4.98 Å². The van der Waals surface area contributed by atoms with Crippen molar-refractivity contribution in [3.05, 3.63) is 52.8 Å². The highest BCUT2D eigenvalue weighted by atomic mass is 32.1. The van der Waals surface area contributed by atoms with Crippen molar-refractivity contribution >= 4 is 12.2 Å². The smallest absolute Gasteiger partial charge is 0.139 e. The van der Waals surface area contributed by atoms with Gasteiger partial charge in [-0.1, -0.05) is 30.4 Å². The van der Waals surface area contributed by atoms with E-state index in [2.05, 4.69) is 4.98 Å². The molecule has 0 bridgehead atoms. The van der Waals surface area contributed by atoms with E-state index in [1.54, 1.807) is 18.2 Å². The molecular formula is C11H7F2NS. The topological polar surface area (TPSA) is 15.8 Å². The van der Waals surface area contributed by atoms with Gasteiger partial charge in [0.2, 0.25) is 0 Å². The van der Waals surface area contributed by atoms with E-state index in [9.17, 15) is 8.78 Å². The zero-order chi connectivity index (χ0) is 10.8. The third-order valence-electron chi connectivity index (χ3n) is 2.03. The Kier molecular flexibility index (Phi) is 2.60. The molecule has 0 unspecified atom stereocenters. The van der Waals surface area contributed by atoms with E-state index >= 15 is 0 Å². The molecule has 1 heterocycles. The molecule has 1 N–H and O–H groups in total. The Morgan fingerprint density at radius 1 is 1.07 bits per heavy atom. The largest absolute Gasteiger partial charge is 0.350 e. The molecule has 1 aromatic heterocycles. The number of aromatic amines is 1. The first-order chi connectivity index (χ1) is 7.18. The highest BCUT2D eigenvalue weighted by molar-refractivity contribution is 7.71. The lowest BCUT2D eigenvalue weighted by atomic mass is 10.1. The Morgan fingerprint density at radius 3 is 2.53 bits per heavy atom. The van der Waals surface area contributed by atoms with E-state index in [0.717, 1.165) is 6.20 Å². The van der Waals surface area contributed by atoms with Gasteiger partial charge in [0, 0.05) is 17.3 Å². The van der Waals surface area contributed by atoms with Crippen LogP contribution in [0.2, 0.25) is 0 Å². The van der Waals surface area contributed by atoms with Crippen LogP contribution in [-0.4, -0.2) is 4.98 Å². The van der Waals surface area contributed by atoms with Crippen molar-refractivity contribution in [3.8, 4) is 11.1 Å². The van der Waals surface area contributed by atoms with Crippen molar-refractivity contribution in [2.75, 3.05) is 0 Å². The number of halogens is 2. The van der Waals surface area contributed by atoms with Gasteiger partial charge in [0.25, 0.3) is 0 Å². The van der Waals surface area contributed by atoms with Gasteiger partial charge in [0.05, 0.1) is 0 Å². The van der Waals surface area contributed by atoms with Gasteiger partial charge in [-0.05, 0) is 12.1 Å². The number of benzene rings is 1. The molecule has 0 aliphatic rings. The lowest BCUT2D eigenvalue weighted by Crippen LogP contribution is -1.88. The normalized spacial score (nSPS) is 10.3. The van der Waals surface area contributed by atoms with Gasteiger partial charge in [-0.2, -0.15) is 0 Å². The van der Waals surface area contributed by atoms with Crippen molar-refractivity contribution < 1.29 is 8.78 Å². The van der Waals surface area contributed by atoms with Gasteiger partial charge in [-0.25, -0.2) is 8.78 Å². The second-order valence-electron chi connectivity index (χ2n) is 3.04. The fourth-order valence-electron chi connectivity index (χ4n) is 1.34. The van der Waals surface area contributed by atoms with Gasteiger partial charge in [-0.3, -0.25) is 0 Å². The van der Waals surface area contributed by atoms with E-state index < -0.39 is 11.6 Å². The number of hydrogen-bond acceptors (Lipinski definition) is 1. The highest BCUT2D eigenvalue weighted by Crippen LogP contribution is 2.23. The molecule has 0 amide bonds. The second kappa shape index (κ2) is 3.90. The summed E-state index contributed by atoms with van der Waals surface area (Å²) in [5.41, 5.74) is 0.668. The molecule has 0 aliphatic heterocycles. The molecule has 0 atom stereocenters. The summed E-state index contributed by atoms with van der Waals surface area (Å²) in [5, 5.41) is 0. The minimum Gasteiger partial charge on any atom is -0.350 e. The second-order valence-corrected chi connectivity index (χ2v) is 3.45. The predicted octanol–water partition coefficient (Wildman–Crippen LogP) is 3.69. The minimum absolute atomic E-state index is 0.304. The monoisotopic (exact) mass is 223 g/mol. The molecule has 2 aromatic rings. The van der Waals surface area contributed by atoms with Crippen LogP contribution in [0.5, 0.6) is 0 Å². The van der Waals surface area contributed by atoms with Crippen LogP contribution in [0.1, 0.15) is 0 Å². The predicted molar refractivity (Wildman–Crippen MR) is 57.0 cm³/mol. The summed E-state index contributed by atoms with van der Waals surface area (Å²) in [6.45, 7) is 0. The van der Waals surface area contributed by atoms with Crippen LogP contribution < -0.4 is 0 Å². The first-order valence-electron chi connectivity index (χ1n) is 4.31. The molecule has 4 heteroatoms. The minimum atomic E-state index is -0.471. The van der Waals surface area contributed by atoms with E-state index in [4.69, 9.17) is 12.2 Å². The molecule has 0 aliphatic carbocycles. The van der Waals surface area contributed by atoms with Crippen molar-refractivity contribution in [2.24, 2.45) is 0 Å². The van der Waals surface area contributed by atoms with Gasteiger partial charge in [0.15, 0.2) is 0 Å². The standard InChI is InChI=1S/C11H7F2NS/c12-7-5-9(11(15)14-6-7)8-3-1-2-4-10(8)13/h1-6H,(H,14,15). The van der Waals surface area contributed by atoms with Crippen molar-refractivity contribution in [3.63, 3.8) is 0 Å². The third kappa shape index (κ3) is 1.94. The molecule has 0 fully saturated rings. The number of hydrogen-bond donors (Lipinski definition) is 1. The molecule has 0 radical (unpaired) electrons. The number of H-pyrrole nitrogens is 1. The maximum Gasteiger partial charge on any atom is 0.139 e. The van der Waals surface area contributed by atoms with Gasteiger partial charge >= 0.3 is 0 Å². The molecule has 1 aromatic carbocycles. The summed E-state index contributed by atoms with van der Waals surface area (Å²) >= 11 is 4.96. The van der Waals surface area contributed by atoms with Crippen molar-refractivity contribution in [2.45, 2.75) is 0 Å². The van der Waals surface area contributed by atoms with Crippen LogP contribution >= 0.6 is 12.2 Å². The maximum absolute atomic E-state index is 13.4. The fourth-order valence-corrected chi connectivity index (χ4v) is 1.56.